The third kappa shape index (κ3) is 7.06. The fourth-order valence-electron chi connectivity index (χ4n) is 3.23. The van der Waals surface area contributed by atoms with E-state index in [0.717, 1.165) is 11.1 Å². The predicted octanol–water partition coefficient (Wildman–Crippen LogP) is 4.47. The molecule has 0 unspecified atom stereocenters. The van der Waals surface area contributed by atoms with Crippen molar-refractivity contribution in [3.05, 3.63) is 64.7 Å². The van der Waals surface area contributed by atoms with Crippen LogP contribution in [0.3, 0.4) is 0 Å². The molecule has 5 nitrogen and oxygen atoms in total. The van der Waals surface area contributed by atoms with E-state index in [9.17, 15) is 9.59 Å². The monoisotopic (exact) mass is 430 g/mol. The molecule has 0 saturated carbocycles. The summed E-state index contributed by atoms with van der Waals surface area (Å²) in [5, 5.41) is 3.56. The van der Waals surface area contributed by atoms with E-state index in [1.165, 1.54) is 0 Å². The van der Waals surface area contributed by atoms with Crippen molar-refractivity contribution in [1.82, 2.24) is 10.2 Å². The fraction of sp³-hybridized carbons (Fsp3) is 0.417. The zero-order valence-corrected chi connectivity index (χ0v) is 18.9. The molecule has 0 saturated heterocycles. The van der Waals surface area contributed by atoms with Gasteiger partial charge in [-0.15, -0.1) is 0 Å². The lowest BCUT2D eigenvalue weighted by Crippen LogP contribution is -2.50. The van der Waals surface area contributed by atoms with E-state index in [1.807, 2.05) is 57.2 Å². The third-order valence-corrected chi connectivity index (χ3v) is 5.04. The van der Waals surface area contributed by atoms with Crippen LogP contribution < -0.4 is 10.1 Å². The van der Waals surface area contributed by atoms with Crippen molar-refractivity contribution in [2.45, 2.75) is 46.2 Å². The minimum atomic E-state index is -0.554. The van der Waals surface area contributed by atoms with Gasteiger partial charge in [0.05, 0.1) is 13.5 Å². The number of benzene rings is 2. The van der Waals surface area contributed by atoms with E-state index in [0.29, 0.717) is 36.2 Å². The Morgan fingerprint density at radius 3 is 2.43 bits per heavy atom. The average molecular weight is 431 g/mol. The first kappa shape index (κ1) is 23.7. The summed E-state index contributed by atoms with van der Waals surface area (Å²) in [7, 11) is 1.61. The molecule has 30 heavy (non-hydrogen) atoms. The lowest BCUT2D eigenvalue weighted by atomic mass is 10.1. The Balaban J connectivity index is 2.29. The van der Waals surface area contributed by atoms with E-state index in [2.05, 4.69) is 5.32 Å². The molecule has 0 heterocycles. The quantitative estimate of drug-likeness (QED) is 0.605. The van der Waals surface area contributed by atoms with Gasteiger partial charge in [0.1, 0.15) is 11.8 Å². The Morgan fingerprint density at radius 1 is 1.10 bits per heavy atom. The summed E-state index contributed by atoms with van der Waals surface area (Å²) >= 11 is 6.08. The van der Waals surface area contributed by atoms with Gasteiger partial charge in [0.15, 0.2) is 0 Å². The van der Waals surface area contributed by atoms with Crippen LogP contribution in [0.25, 0.3) is 0 Å². The lowest BCUT2D eigenvalue weighted by molar-refractivity contribution is -0.141. The van der Waals surface area contributed by atoms with Crippen LogP contribution in [0.4, 0.5) is 0 Å². The number of halogens is 1. The molecular weight excluding hydrogens is 400 g/mol. The molecule has 0 radical (unpaired) electrons. The number of nitrogens with zero attached hydrogens (tertiary/aromatic N) is 1. The molecule has 162 valence electrons. The third-order valence-electron chi connectivity index (χ3n) is 4.80. The highest BCUT2D eigenvalue weighted by molar-refractivity contribution is 6.30. The van der Waals surface area contributed by atoms with Crippen molar-refractivity contribution in [3.8, 4) is 5.75 Å². The van der Waals surface area contributed by atoms with Crippen molar-refractivity contribution in [1.29, 1.82) is 0 Å². The average Bonchev–Trinajstić information content (AvgIpc) is 2.72. The summed E-state index contributed by atoms with van der Waals surface area (Å²) in [6.45, 7) is 6.90. The maximum absolute atomic E-state index is 13.3. The molecule has 2 amide bonds. The fourth-order valence-corrected chi connectivity index (χ4v) is 3.45. The first-order chi connectivity index (χ1) is 14.3. The molecule has 6 heteroatoms. The van der Waals surface area contributed by atoms with Crippen molar-refractivity contribution in [3.63, 3.8) is 0 Å². The molecule has 2 aromatic rings. The predicted molar refractivity (Wildman–Crippen MR) is 121 cm³/mol. The van der Waals surface area contributed by atoms with Crippen molar-refractivity contribution >= 4 is 23.4 Å². The summed E-state index contributed by atoms with van der Waals surface area (Å²) in [5.74, 6) is 0.799. The summed E-state index contributed by atoms with van der Waals surface area (Å²) in [5.41, 5.74) is 1.73. The van der Waals surface area contributed by atoms with Crippen LogP contribution in [-0.4, -0.2) is 36.4 Å². The van der Waals surface area contributed by atoms with E-state index in [4.69, 9.17) is 16.3 Å². The number of methoxy groups -OCH3 is 1. The lowest BCUT2D eigenvalue weighted by Gasteiger charge is -2.31. The van der Waals surface area contributed by atoms with Gasteiger partial charge >= 0.3 is 0 Å². The zero-order valence-electron chi connectivity index (χ0n) is 18.2. The first-order valence-corrected chi connectivity index (χ1v) is 10.7. The summed E-state index contributed by atoms with van der Waals surface area (Å²) in [4.78, 5) is 27.8. The topological polar surface area (TPSA) is 58.6 Å². The number of ether oxygens (including phenoxy) is 1. The van der Waals surface area contributed by atoms with Gasteiger partial charge in [-0.2, -0.15) is 0 Å². The van der Waals surface area contributed by atoms with Crippen LogP contribution >= 0.6 is 11.6 Å². The second-order valence-electron chi connectivity index (χ2n) is 7.74. The Labute approximate surface area is 184 Å². The Hall–Kier alpha value is -2.53. The number of hydrogen-bond donors (Lipinski definition) is 1. The minimum absolute atomic E-state index is 0.119. The molecular formula is C24H31ClN2O3. The Bertz CT molecular complexity index is 854. The largest absolute Gasteiger partial charge is 0.497 e. The van der Waals surface area contributed by atoms with E-state index >= 15 is 0 Å². The van der Waals surface area contributed by atoms with Crippen molar-refractivity contribution in [2.24, 2.45) is 5.92 Å². The van der Waals surface area contributed by atoms with E-state index < -0.39 is 6.04 Å². The number of amides is 2. The van der Waals surface area contributed by atoms with Gasteiger partial charge in [-0.25, -0.2) is 0 Å². The zero-order chi connectivity index (χ0) is 22.1. The summed E-state index contributed by atoms with van der Waals surface area (Å²) in [6, 6.07) is 14.3. The second kappa shape index (κ2) is 11.6. The highest BCUT2D eigenvalue weighted by atomic mass is 35.5. The molecule has 0 aliphatic heterocycles. The van der Waals surface area contributed by atoms with Gasteiger partial charge in [-0.3, -0.25) is 9.59 Å². The molecule has 0 aliphatic rings. The smallest absolute Gasteiger partial charge is 0.242 e. The van der Waals surface area contributed by atoms with Gasteiger partial charge in [0.25, 0.3) is 0 Å². The highest BCUT2D eigenvalue weighted by Gasteiger charge is 2.28. The number of rotatable bonds is 10. The van der Waals surface area contributed by atoms with Gasteiger partial charge in [-0.1, -0.05) is 56.6 Å². The standard InChI is InChI=1S/C24H31ClN2O3/c1-5-22(24(29)26-15-17(2)3)27(16-19-9-7-11-21(13-19)30-4)23(28)14-18-8-6-10-20(25)12-18/h6-13,17,22H,5,14-16H2,1-4H3,(H,26,29)/t22-/m1/s1. The molecule has 2 rings (SSSR count). The number of hydrogen-bond acceptors (Lipinski definition) is 3. The van der Waals surface area contributed by atoms with Crippen LogP contribution in [0, 0.1) is 5.92 Å². The highest BCUT2D eigenvalue weighted by Crippen LogP contribution is 2.19. The number of carbonyl (C=O) groups excluding carboxylic acids is 2. The second-order valence-corrected chi connectivity index (χ2v) is 8.18. The van der Waals surface area contributed by atoms with Crippen LogP contribution in [0.5, 0.6) is 5.75 Å². The molecule has 2 aromatic carbocycles. The van der Waals surface area contributed by atoms with Crippen molar-refractivity contribution < 1.29 is 14.3 Å². The summed E-state index contributed by atoms with van der Waals surface area (Å²) in [6.07, 6.45) is 0.702. The molecule has 0 fully saturated rings. The number of carbonyl (C=O) groups is 2. The van der Waals surface area contributed by atoms with Crippen LogP contribution in [0.1, 0.15) is 38.3 Å². The molecule has 0 spiro atoms. The van der Waals surface area contributed by atoms with Crippen LogP contribution in [-0.2, 0) is 22.6 Å². The van der Waals surface area contributed by atoms with Gasteiger partial charge < -0.3 is 15.0 Å². The maximum Gasteiger partial charge on any atom is 0.242 e. The normalized spacial score (nSPS) is 11.8. The molecule has 0 bridgehead atoms. The van der Waals surface area contributed by atoms with Gasteiger partial charge in [0.2, 0.25) is 11.8 Å². The molecule has 0 aliphatic carbocycles. The Morgan fingerprint density at radius 2 is 1.80 bits per heavy atom. The van der Waals surface area contributed by atoms with E-state index in [1.54, 1.807) is 24.1 Å². The first-order valence-electron chi connectivity index (χ1n) is 10.3. The summed E-state index contributed by atoms with van der Waals surface area (Å²) < 4.78 is 5.31. The van der Waals surface area contributed by atoms with Gasteiger partial charge in [0, 0.05) is 18.1 Å². The Kier molecular flexibility index (Phi) is 9.18. The minimum Gasteiger partial charge on any atom is -0.497 e. The SMILES string of the molecule is CC[C@H](C(=O)NCC(C)C)N(Cc1cccc(OC)c1)C(=O)Cc1cccc(Cl)c1. The molecule has 0 aromatic heterocycles. The molecule has 1 atom stereocenters. The van der Waals surface area contributed by atoms with Crippen molar-refractivity contribution in [2.75, 3.05) is 13.7 Å². The van der Waals surface area contributed by atoms with Gasteiger partial charge in [-0.05, 0) is 47.7 Å². The van der Waals surface area contributed by atoms with E-state index in [-0.39, 0.29) is 18.2 Å². The van der Waals surface area contributed by atoms with Crippen LogP contribution in [0.2, 0.25) is 5.02 Å². The molecule has 1 N–H and O–H groups in total. The number of nitrogens with one attached hydrogen (secondary N) is 1. The maximum atomic E-state index is 13.3. The van der Waals surface area contributed by atoms with Crippen LogP contribution in [0.15, 0.2) is 48.5 Å².